The number of anilines is 1. The minimum Gasteiger partial charge on any atom is -0.497 e. The molecule has 0 aliphatic carbocycles. The molecule has 2 amide bonds. The summed E-state index contributed by atoms with van der Waals surface area (Å²) in [6, 6.07) is 28.1. The molecule has 0 aliphatic rings. The number of carbonyl (C=O) groups is 2. The second-order valence-corrected chi connectivity index (χ2v) is 15.0. The molecule has 4 rings (SSSR count). The average molecular weight is 727 g/mol. The molecule has 0 aromatic heterocycles. The monoisotopic (exact) mass is 725 g/mol. The summed E-state index contributed by atoms with van der Waals surface area (Å²) in [5.41, 5.74) is 1.29. The van der Waals surface area contributed by atoms with Crippen LogP contribution in [0.3, 0.4) is 0 Å². The van der Waals surface area contributed by atoms with Crippen molar-refractivity contribution in [3.63, 3.8) is 0 Å². The summed E-state index contributed by atoms with van der Waals surface area (Å²) >= 11 is 9.59. The Kier molecular flexibility index (Phi) is 11.5. The summed E-state index contributed by atoms with van der Waals surface area (Å²) in [7, 11) is -2.76. The average Bonchev–Trinajstić information content (AvgIpc) is 3.02. The Bertz CT molecular complexity index is 1730. The second-order valence-electron chi connectivity index (χ2n) is 11.8. The zero-order chi connectivity index (χ0) is 33.5. The summed E-state index contributed by atoms with van der Waals surface area (Å²) in [5, 5.41) is 3.44. The molecule has 0 radical (unpaired) electrons. The molecule has 0 bridgehead atoms. The molecular formula is C35H37BrClN3O5S. The number of hydrogen-bond acceptors (Lipinski definition) is 5. The van der Waals surface area contributed by atoms with Gasteiger partial charge in [-0.3, -0.25) is 13.9 Å². The number of halogens is 2. The highest BCUT2D eigenvalue weighted by Gasteiger charge is 2.35. The molecule has 0 aliphatic heterocycles. The van der Waals surface area contributed by atoms with Crippen molar-refractivity contribution in [3.05, 3.63) is 124 Å². The van der Waals surface area contributed by atoms with Gasteiger partial charge >= 0.3 is 0 Å². The van der Waals surface area contributed by atoms with Crippen LogP contribution in [0, 0.1) is 0 Å². The molecule has 0 saturated heterocycles. The van der Waals surface area contributed by atoms with Crippen molar-refractivity contribution in [1.29, 1.82) is 0 Å². The van der Waals surface area contributed by atoms with Gasteiger partial charge in [0.15, 0.2) is 0 Å². The van der Waals surface area contributed by atoms with Gasteiger partial charge in [-0.15, -0.1) is 0 Å². The summed E-state index contributed by atoms with van der Waals surface area (Å²) in [4.78, 5) is 29.9. The number of nitrogens with one attached hydrogen (secondary N) is 1. The van der Waals surface area contributed by atoms with Crippen molar-refractivity contribution in [2.24, 2.45) is 0 Å². The van der Waals surface area contributed by atoms with Gasteiger partial charge < -0.3 is 15.0 Å². The summed E-state index contributed by atoms with van der Waals surface area (Å²) in [6.45, 7) is 5.11. The van der Waals surface area contributed by atoms with Crippen LogP contribution in [0.1, 0.15) is 31.9 Å². The topological polar surface area (TPSA) is 96.0 Å². The number of amides is 2. The highest BCUT2D eigenvalue weighted by Crippen LogP contribution is 2.28. The van der Waals surface area contributed by atoms with Crippen molar-refractivity contribution in [2.45, 2.75) is 50.2 Å². The Morgan fingerprint density at radius 1 is 0.870 bits per heavy atom. The van der Waals surface area contributed by atoms with E-state index in [1.807, 2.05) is 75.4 Å². The normalized spacial score (nSPS) is 12.2. The van der Waals surface area contributed by atoms with E-state index < -0.39 is 34.1 Å². The van der Waals surface area contributed by atoms with Gasteiger partial charge in [-0.05, 0) is 92.6 Å². The van der Waals surface area contributed by atoms with Gasteiger partial charge in [-0.25, -0.2) is 8.42 Å². The van der Waals surface area contributed by atoms with Gasteiger partial charge in [0.1, 0.15) is 18.3 Å². The summed E-state index contributed by atoms with van der Waals surface area (Å²) in [6.07, 6.45) is 0.219. The highest BCUT2D eigenvalue weighted by atomic mass is 79.9. The largest absolute Gasteiger partial charge is 0.497 e. The quantitative estimate of drug-likeness (QED) is 0.172. The Hall–Kier alpha value is -3.86. The zero-order valence-corrected chi connectivity index (χ0v) is 29.3. The van der Waals surface area contributed by atoms with Crippen LogP contribution in [0.4, 0.5) is 5.69 Å². The molecule has 8 nitrogen and oxygen atoms in total. The summed E-state index contributed by atoms with van der Waals surface area (Å²) < 4.78 is 35.4. The smallest absolute Gasteiger partial charge is 0.264 e. The van der Waals surface area contributed by atoms with E-state index in [9.17, 15) is 18.0 Å². The fourth-order valence-corrected chi connectivity index (χ4v) is 6.61. The van der Waals surface area contributed by atoms with Crippen LogP contribution in [0.25, 0.3) is 0 Å². The molecule has 0 heterocycles. The van der Waals surface area contributed by atoms with Crippen molar-refractivity contribution in [2.75, 3.05) is 18.0 Å². The Labute approximate surface area is 284 Å². The summed E-state index contributed by atoms with van der Waals surface area (Å²) in [5.74, 6) is -0.417. The predicted octanol–water partition coefficient (Wildman–Crippen LogP) is 6.86. The van der Waals surface area contributed by atoms with Crippen LogP contribution >= 0.6 is 27.5 Å². The van der Waals surface area contributed by atoms with Crippen molar-refractivity contribution < 1.29 is 22.7 Å². The van der Waals surface area contributed by atoms with Crippen LogP contribution in [0.15, 0.2) is 112 Å². The standard InChI is InChI=1S/C35H37BrClN3O5S/c1-35(2,3)38-34(42)32(22-25-8-6-5-7-9-25)39(23-26-10-12-27(36)13-11-26)33(41)24-40(29-16-14-28(37)15-17-29)46(43,44)31-20-18-30(45-4)19-21-31/h5-21,32H,22-24H2,1-4H3,(H,38,42). The number of sulfonamides is 1. The van der Waals surface area contributed by atoms with Crippen LogP contribution in [-0.4, -0.2) is 50.4 Å². The van der Waals surface area contributed by atoms with Gasteiger partial charge in [0, 0.05) is 28.0 Å². The number of rotatable bonds is 12. The predicted molar refractivity (Wildman–Crippen MR) is 185 cm³/mol. The van der Waals surface area contributed by atoms with Crippen molar-refractivity contribution in [1.82, 2.24) is 10.2 Å². The minimum absolute atomic E-state index is 0.0261. The molecule has 242 valence electrons. The third-order valence-corrected chi connectivity index (χ3v) is 9.65. The minimum atomic E-state index is -4.25. The van der Waals surface area contributed by atoms with E-state index in [1.54, 1.807) is 36.4 Å². The lowest BCUT2D eigenvalue weighted by Crippen LogP contribution is -2.56. The fourth-order valence-electron chi connectivity index (χ4n) is 4.80. The molecule has 0 spiro atoms. The van der Waals surface area contributed by atoms with Gasteiger partial charge in [-0.1, -0.05) is 70.0 Å². The molecule has 1 N–H and O–H groups in total. The molecule has 4 aromatic carbocycles. The number of ether oxygens (including phenoxy) is 1. The molecule has 4 aromatic rings. The maximum atomic E-state index is 14.5. The highest BCUT2D eigenvalue weighted by molar-refractivity contribution is 9.10. The van der Waals surface area contributed by atoms with E-state index in [0.717, 1.165) is 19.9 Å². The van der Waals surface area contributed by atoms with Crippen molar-refractivity contribution >= 4 is 55.1 Å². The molecule has 1 atom stereocenters. The second kappa shape index (κ2) is 15.2. The van der Waals surface area contributed by atoms with Gasteiger partial charge in [0.05, 0.1) is 17.7 Å². The first-order valence-corrected chi connectivity index (χ1v) is 17.2. The van der Waals surface area contributed by atoms with E-state index >= 15 is 0 Å². The lowest BCUT2D eigenvalue weighted by atomic mass is 10.0. The maximum Gasteiger partial charge on any atom is 0.264 e. The Morgan fingerprint density at radius 3 is 2.04 bits per heavy atom. The number of benzene rings is 4. The third-order valence-electron chi connectivity index (χ3n) is 7.08. The molecular weight excluding hydrogens is 690 g/mol. The van der Waals surface area contributed by atoms with Crippen LogP contribution < -0.4 is 14.4 Å². The van der Waals surface area contributed by atoms with E-state index in [-0.39, 0.29) is 29.5 Å². The first-order valence-electron chi connectivity index (χ1n) is 14.6. The Morgan fingerprint density at radius 2 is 1.48 bits per heavy atom. The number of nitrogens with zero attached hydrogens (tertiary/aromatic N) is 2. The Balaban J connectivity index is 1.81. The van der Waals surface area contributed by atoms with Gasteiger partial charge in [0.25, 0.3) is 10.0 Å². The van der Waals surface area contributed by atoms with Gasteiger partial charge in [0.2, 0.25) is 11.8 Å². The van der Waals surface area contributed by atoms with E-state index in [4.69, 9.17) is 16.3 Å². The molecule has 46 heavy (non-hydrogen) atoms. The van der Waals surface area contributed by atoms with E-state index in [0.29, 0.717) is 10.8 Å². The molecule has 1 unspecified atom stereocenters. The zero-order valence-electron chi connectivity index (χ0n) is 26.1. The fraction of sp³-hybridized carbons (Fsp3) is 0.257. The van der Waals surface area contributed by atoms with Crippen LogP contribution in [0.5, 0.6) is 5.75 Å². The number of methoxy groups -OCH3 is 1. The first kappa shape index (κ1) is 35.0. The lowest BCUT2D eigenvalue weighted by Gasteiger charge is -2.35. The maximum absolute atomic E-state index is 14.5. The molecule has 11 heteroatoms. The number of hydrogen-bond donors (Lipinski definition) is 1. The van der Waals surface area contributed by atoms with Gasteiger partial charge in [-0.2, -0.15) is 0 Å². The SMILES string of the molecule is COc1ccc(S(=O)(=O)N(CC(=O)N(Cc2ccc(Br)cc2)C(Cc2ccccc2)C(=O)NC(C)(C)C)c2ccc(Cl)cc2)cc1. The third kappa shape index (κ3) is 9.34. The molecule has 0 saturated carbocycles. The van der Waals surface area contributed by atoms with E-state index in [2.05, 4.69) is 21.2 Å². The number of carbonyl (C=O) groups excluding carboxylic acids is 2. The van der Waals surface area contributed by atoms with Crippen LogP contribution in [0.2, 0.25) is 5.02 Å². The van der Waals surface area contributed by atoms with E-state index in [1.165, 1.54) is 24.1 Å². The van der Waals surface area contributed by atoms with Crippen LogP contribution in [-0.2, 0) is 32.6 Å². The van der Waals surface area contributed by atoms with Crippen molar-refractivity contribution in [3.8, 4) is 5.75 Å². The lowest BCUT2D eigenvalue weighted by molar-refractivity contribution is -0.140. The first-order chi connectivity index (χ1) is 21.8. The molecule has 0 fully saturated rings.